The highest BCUT2D eigenvalue weighted by Crippen LogP contribution is 2.40. The number of hydrogen-bond acceptors (Lipinski definition) is 2. The highest BCUT2D eigenvalue weighted by atomic mass is 16.3. The third-order valence-corrected chi connectivity index (χ3v) is 3.95. The molecule has 1 rings (SSSR count). The smallest absolute Gasteiger partial charge is 0.0773 e. The zero-order chi connectivity index (χ0) is 11.4. The van der Waals surface area contributed by atoms with E-state index in [0.717, 1.165) is 18.3 Å². The molecule has 1 fully saturated rings. The normalized spacial score (nSPS) is 34.4. The first kappa shape index (κ1) is 13.0. The van der Waals surface area contributed by atoms with Crippen molar-refractivity contribution in [1.82, 2.24) is 0 Å². The van der Waals surface area contributed by atoms with E-state index < -0.39 is 6.10 Å². The Morgan fingerprint density at radius 2 is 1.93 bits per heavy atom. The molecule has 0 spiro atoms. The van der Waals surface area contributed by atoms with Crippen LogP contribution in [0, 0.1) is 23.7 Å². The van der Waals surface area contributed by atoms with Gasteiger partial charge in [-0.25, -0.2) is 0 Å². The van der Waals surface area contributed by atoms with Gasteiger partial charge in [-0.05, 0) is 42.9 Å². The predicted molar refractivity (Wildman–Crippen MR) is 62.5 cm³/mol. The van der Waals surface area contributed by atoms with E-state index in [1.54, 1.807) is 0 Å². The molecule has 0 bridgehead atoms. The maximum Gasteiger partial charge on any atom is 0.0773 e. The molecule has 0 saturated heterocycles. The lowest BCUT2D eigenvalue weighted by Gasteiger charge is -2.38. The molecule has 1 saturated carbocycles. The van der Waals surface area contributed by atoms with Crippen LogP contribution in [0.5, 0.6) is 0 Å². The third kappa shape index (κ3) is 3.76. The van der Waals surface area contributed by atoms with E-state index >= 15 is 0 Å². The van der Waals surface area contributed by atoms with Crippen molar-refractivity contribution in [3.05, 3.63) is 0 Å². The van der Waals surface area contributed by atoms with Gasteiger partial charge in [0.25, 0.3) is 0 Å². The van der Waals surface area contributed by atoms with Gasteiger partial charge in [-0.2, -0.15) is 0 Å². The van der Waals surface area contributed by atoms with E-state index in [9.17, 15) is 5.11 Å². The van der Waals surface area contributed by atoms with Crippen LogP contribution in [0.25, 0.3) is 0 Å². The molecule has 4 unspecified atom stereocenters. The molecule has 2 heteroatoms. The molecule has 1 aliphatic rings. The summed E-state index contributed by atoms with van der Waals surface area (Å²) >= 11 is 0. The van der Waals surface area contributed by atoms with Gasteiger partial charge in [-0.15, -0.1) is 0 Å². The highest BCUT2D eigenvalue weighted by Gasteiger charge is 2.31. The lowest BCUT2D eigenvalue weighted by atomic mass is 9.68. The summed E-state index contributed by atoms with van der Waals surface area (Å²) in [6, 6.07) is 0. The summed E-state index contributed by atoms with van der Waals surface area (Å²) in [5, 5.41) is 18.5. The standard InChI is InChI=1S/C13H26O2/c1-9(2)13-5-4-10(3)6-11(13)7-12(15)8-14/h9-15H,4-8H2,1-3H3. The van der Waals surface area contributed by atoms with Crippen molar-refractivity contribution in [2.45, 2.75) is 52.6 Å². The average molecular weight is 214 g/mol. The topological polar surface area (TPSA) is 40.5 Å². The molecule has 0 aliphatic heterocycles. The van der Waals surface area contributed by atoms with Crippen molar-refractivity contribution in [2.24, 2.45) is 23.7 Å². The van der Waals surface area contributed by atoms with E-state index in [1.165, 1.54) is 19.3 Å². The van der Waals surface area contributed by atoms with Crippen molar-refractivity contribution in [3.8, 4) is 0 Å². The molecule has 0 aromatic heterocycles. The lowest BCUT2D eigenvalue weighted by molar-refractivity contribution is 0.0386. The molecule has 0 aromatic carbocycles. The van der Waals surface area contributed by atoms with E-state index in [-0.39, 0.29) is 6.61 Å². The van der Waals surface area contributed by atoms with Crippen LogP contribution >= 0.6 is 0 Å². The lowest BCUT2D eigenvalue weighted by Crippen LogP contribution is -2.31. The first-order chi connectivity index (χ1) is 7.04. The van der Waals surface area contributed by atoms with Crippen molar-refractivity contribution < 1.29 is 10.2 Å². The number of aliphatic hydroxyl groups is 2. The second-order valence-corrected chi connectivity index (χ2v) is 5.66. The van der Waals surface area contributed by atoms with Gasteiger partial charge in [0.2, 0.25) is 0 Å². The van der Waals surface area contributed by atoms with Gasteiger partial charge in [-0.1, -0.05) is 27.2 Å². The Hall–Kier alpha value is -0.0800. The van der Waals surface area contributed by atoms with Crippen LogP contribution in [0.3, 0.4) is 0 Å². The predicted octanol–water partition coefficient (Wildman–Crippen LogP) is 2.44. The summed E-state index contributed by atoms with van der Waals surface area (Å²) in [6.07, 6.45) is 4.11. The van der Waals surface area contributed by atoms with E-state index in [1.807, 2.05) is 0 Å². The van der Waals surface area contributed by atoms with Gasteiger partial charge in [-0.3, -0.25) is 0 Å². The Morgan fingerprint density at radius 1 is 1.27 bits per heavy atom. The number of hydrogen-bond donors (Lipinski definition) is 2. The second-order valence-electron chi connectivity index (χ2n) is 5.66. The van der Waals surface area contributed by atoms with Crippen LogP contribution in [-0.4, -0.2) is 22.9 Å². The Balaban J connectivity index is 2.54. The summed E-state index contributed by atoms with van der Waals surface area (Å²) in [7, 11) is 0. The minimum atomic E-state index is -0.512. The van der Waals surface area contributed by atoms with Crippen LogP contribution in [0.15, 0.2) is 0 Å². The van der Waals surface area contributed by atoms with Crippen LogP contribution in [0.1, 0.15) is 46.5 Å². The maximum atomic E-state index is 9.55. The van der Waals surface area contributed by atoms with Crippen LogP contribution in [0.2, 0.25) is 0 Å². The number of aliphatic hydroxyl groups excluding tert-OH is 2. The Bertz CT molecular complexity index is 179. The Labute approximate surface area is 93.7 Å². The van der Waals surface area contributed by atoms with E-state index in [2.05, 4.69) is 20.8 Å². The molecule has 0 aromatic rings. The number of rotatable bonds is 4. The largest absolute Gasteiger partial charge is 0.394 e. The molecule has 0 amide bonds. The summed E-state index contributed by atoms with van der Waals surface area (Å²) in [5.41, 5.74) is 0. The molecule has 4 atom stereocenters. The monoisotopic (exact) mass is 214 g/mol. The molecule has 90 valence electrons. The Kier molecular flexibility index (Phi) is 5.07. The van der Waals surface area contributed by atoms with E-state index in [0.29, 0.717) is 11.8 Å². The average Bonchev–Trinajstić information content (AvgIpc) is 2.17. The molecule has 0 heterocycles. The van der Waals surface area contributed by atoms with Gasteiger partial charge in [0, 0.05) is 0 Å². The van der Waals surface area contributed by atoms with Crippen molar-refractivity contribution >= 4 is 0 Å². The molecule has 15 heavy (non-hydrogen) atoms. The summed E-state index contributed by atoms with van der Waals surface area (Å²) < 4.78 is 0. The molecule has 1 aliphatic carbocycles. The molecule has 0 radical (unpaired) electrons. The first-order valence-electron chi connectivity index (χ1n) is 6.33. The maximum absolute atomic E-state index is 9.55. The van der Waals surface area contributed by atoms with Gasteiger partial charge in [0.15, 0.2) is 0 Å². The zero-order valence-corrected chi connectivity index (χ0v) is 10.3. The van der Waals surface area contributed by atoms with Gasteiger partial charge in [0.1, 0.15) is 0 Å². The second kappa shape index (κ2) is 5.86. The summed E-state index contributed by atoms with van der Waals surface area (Å²) in [4.78, 5) is 0. The van der Waals surface area contributed by atoms with Gasteiger partial charge < -0.3 is 10.2 Å². The van der Waals surface area contributed by atoms with Crippen LogP contribution in [0.4, 0.5) is 0 Å². The molecular weight excluding hydrogens is 188 g/mol. The van der Waals surface area contributed by atoms with Gasteiger partial charge in [0.05, 0.1) is 12.7 Å². The molecule has 2 N–H and O–H groups in total. The van der Waals surface area contributed by atoms with Crippen LogP contribution < -0.4 is 0 Å². The van der Waals surface area contributed by atoms with Crippen LogP contribution in [-0.2, 0) is 0 Å². The molecule has 2 nitrogen and oxygen atoms in total. The van der Waals surface area contributed by atoms with Gasteiger partial charge >= 0.3 is 0 Å². The Morgan fingerprint density at radius 3 is 2.47 bits per heavy atom. The zero-order valence-electron chi connectivity index (χ0n) is 10.3. The minimum absolute atomic E-state index is 0.0876. The van der Waals surface area contributed by atoms with E-state index in [4.69, 9.17) is 5.11 Å². The third-order valence-electron chi connectivity index (χ3n) is 3.95. The van der Waals surface area contributed by atoms with Crippen molar-refractivity contribution in [1.29, 1.82) is 0 Å². The summed E-state index contributed by atoms with van der Waals surface area (Å²) in [5.74, 6) is 2.84. The first-order valence-corrected chi connectivity index (χ1v) is 6.33. The molecular formula is C13H26O2. The summed E-state index contributed by atoms with van der Waals surface area (Å²) in [6.45, 7) is 6.77. The fourth-order valence-corrected chi connectivity index (χ4v) is 3.09. The van der Waals surface area contributed by atoms with Crippen molar-refractivity contribution in [3.63, 3.8) is 0 Å². The van der Waals surface area contributed by atoms with Crippen molar-refractivity contribution in [2.75, 3.05) is 6.61 Å². The SMILES string of the molecule is CC1CCC(C(C)C)C(CC(O)CO)C1. The fraction of sp³-hybridized carbons (Fsp3) is 1.00. The highest BCUT2D eigenvalue weighted by molar-refractivity contribution is 4.82. The minimum Gasteiger partial charge on any atom is -0.394 e. The fourth-order valence-electron chi connectivity index (χ4n) is 3.09. The quantitative estimate of drug-likeness (QED) is 0.754.